The molecule has 0 radical (unpaired) electrons. The molecular weight excluding hydrogens is 178 g/mol. The van der Waals surface area contributed by atoms with Crippen molar-refractivity contribution < 1.29 is 9.90 Å². The molecule has 0 heterocycles. The molecule has 0 spiro atoms. The highest BCUT2D eigenvalue weighted by molar-refractivity contribution is 5.85. The summed E-state index contributed by atoms with van der Waals surface area (Å²) in [5.41, 5.74) is 2.24. The standard InChI is InChI=1S/C11H9NO2/c1-8-6-9(3-5-11(13)14)2-4-10(8)7-12/h2-6H,1H3,(H,13,14). The Morgan fingerprint density at radius 2 is 2.29 bits per heavy atom. The molecule has 3 nitrogen and oxygen atoms in total. The molecule has 1 N–H and O–H groups in total. The van der Waals surface area contributed by atoms with Gasteiger partial charge in [0.1, 0.15) is 0 Å². The number of nitriles is 1. The first kappa shape index (κ1) is 10.0. The van der Waals surface area contributed by atoms with Gasteiger partial charge in [-0.25, -0.2) is 4.79 Å². The van der Waals surface area contributed by atoms with Crippen LogP contribution in [0.25, 0.3) is 6.08 Å². The summed E-state index contributed by atoms with van der Waals surface area (Å²) in [6.45, 7) is 1.82. The fourth-order valence-electron chi connectivity index (χ4n) is 1.08. The quantitative estimate of drug-likeness (QED) is 0.720. The minimum absolute atomic E-state index is 0.609. The highest BCUT2D eigenvalue weighted by atomic mass is 16.4. The smallest absolute Gasteiger partial charge is 0.328 e. The van der Waals surface area contributed by atoms with Crippen LogP contribution in [0.15, 0.2) is 24.3 Å². The van der Waals surface area contributed by atoms with E-state index in [0.717, 1.165) is 17.2 Å². The second-order valence-electron chi connectivity index (χ2n) is 2.86. The summed E-state index contributed by atoms with van der Waals surface area (Å²) in [6.07, 6.45) is 2.57. The maximum Gasteiger partial charge on any atom is 0.328 e. The van der Waals surface area contributed by atoms with Crippen molar-refractivity contribution in [3.8, 4) is 6.07 Å². The van der Waals surface area contributed by atoms with E-state index in [2.05, 4.69) is 0 Å². The molecule has 0 atom stereocenters. The average molecular weight is 187 g/mol. The summed E-state index contributed by atoms with van der Waals surface area (Å²) >= 11 is 0. The zero-order chi connectivity index (χ0) is 10.6. The van der Waals surface area contributed by atoms with Gasteiger partial charge in [-0.05, 0) is 30.2 Å². The van der Waals surface area contributed by atoms with Gasteiger partial charge < -0.3 is 5.11 Å². The Morgan fingerprint density at radius 1 is 1.57 bits per heavy atom. The van der Waals surface area contributed by atoms with E-state index in [1.165, 1.54) is 6.08 Å². The molecule has 0 fully saturated rings. The molecule has 0 aliphatic carbocycles. The van der Waals surface area contributed by atoms with Crippen molar-refractivity contribution in [2.75, 3.05) is 0 Å². The molecule has 14 heavy (non-hydrogen) atoms. The first-order chi connectivity index (χ1) is 6.63. The topological polar surface area (TPSA) is 61.1 Å². The van der Waals surface area contributed by atoms with Gasteiger partial charge in [-0.1, -0.05) is 12.1 Å². The van der Waals surface area contributed by atoms with Gasteiger partial charge in [0.05, 0.1) is 11.6 Å². The normalized spacial score (nSPS) is 10.0. The van der Waals surface area contributed by atoms with Crippen LogP contribution >= 0.6 is 0 Å². The fraction of sp³-hybridized carbons (Fsp3) is 0.0909. The van der Waals surface area contributed by atoms with Crippen LogP contribution in [0.1, 0.15) is 16.7 Å². The lowest BCUT2D eigenvalue weighted by Crippen LogP contribution is -1.87. The van der Waals surface area contributed by atoms with E-state index in [4.69, 9.17) is 10.4 Å². The third kappa shape index (κ3) is 2.46. The largest absolute Gasteiger partial charge is 0.478 e. The molecule has 0 aliphatic heterocycles. The third-order valence-electron chi connectivity index (χ3n) is 1.79. The molecule has 1 aromatic carbocycles. The Kier molecular flexibility index (Phi) is 3.03. The molecule has 3 heteroatoms. The van der Waals surface area contributed by atoms with Crippen LogP contribution in [-0.2, 0) is 4.79 Å². The molecular formula is C11H9NO2. The van der Waals surface area contributed by atoms with E-state index in [1.54, 1.807) is 18.2 Å². The molecule has 0 aromatic heterocycles. The summed E-state index contributed by atoms with van der Waals surface area (Å²) in [5, 5.41) is 17.1. The number of aryl methyl sites for hydroxylation is 1. The fourth-order valence-corrected chi connectivity index (χ4v) is 1.08. The number of benzene rings is 1. The number of aliphatic carboxylic acids is 1. The molecule has 0 saturated heterocycles. The summed E-state index contributed by atoms with van der Waals surface area (Å²) in [6, 6.07) is 7.21. The van der Waals surface area contributed by atoms with Crippen molar-refractivity contribution in [2.45, 2.75) is 6.92 Å². The average Bonchev–Trinajstić information content (AvgIpc) is 2.15. The predicted octanol–water partition coefficient (Wildman–Crippen LogP) is 1.96. The van der Waals surface area contributed by atoms with E-state index < -0.39 is 5.97 Å². The molecule has 0 saturated carbocycles. The van der Waals surface area contributed by atoms with Crippen molar-refractivity contribution in [1.82, 2.24) is 0 Å². The number of nitrogens with zero attached hydrogens (tertiary/aromatic N) is 1. The predicted molar refractivity (Wildman–Crippen MR) is 52.6 cm³/mol. The van der Waals surface area contributed by atoms with E-state index in [0.29, 0.717) is 5.56 Å². The van der Waals surface area contributed by atoms with Gasteiger partial charge in [0.15, 0.2) is 0 Å². The number of carboxylic acid groups (broad SMARTS) is 1. The number of carbonyl (C=O) groups is 1. The Labute approximate surface area is 81.9 Å². The molecule has 0 amide bonds. The maximum absolute atomic E-state index is 10.2. The van der Waals surface area contributed by atoms with Crippen LogP contribution in [-0.4, -0.2) is 11.1 Å². The molecule has 0 aliphatic rings. The van der Waals surface area contributed by atoms with Gasteiger partial charge in [0, 0.05) is 6.08 Å². The van der Waals surface area contributed by atoms with Gasteiger partial charge in [-0.3, -0.25) is 0 Å². The summed E-state index contributed by atoms with van der Waals surface area (Å²) in [4.78, 5) is 10.2. The lowest BCUT2D eigenvalue weighted by Gasteiger charge is -1.97. The van der Waals surface area contributed by atoms with Crippen LogP contribution < -0.4 is 0 Å². The van der Waals surface area contributed by atoms with E-state index >= 15 is 0 Å². The monoisotopic (exact) mass is 187 g/mol. The minimum Gasteiger partial charge on any atom is -0.478 e. The Hall–Kier alpha value is -2.08. The van der Waals surface area contributed by atoms with Crippen LogP contribution in [0.5, 0.6) is 0 Å². The van der Waals surface area contributed by atoms with E-state index in [-0.39, 0.29) is 0 Å². The lowest BCUT2D eigenvalue weighted by atomic mass is 10.1. The van der Waals surface area contributed by atoms with Gasteiger partial charge in [0.2, 0.25) is 0 Å². The Bertz CT molecular complexity index is 427. The summed E-state index contributed by atoms with van der Waals surface area (Å²) in [7, 11) is 0. The molecule has 0 unspecified atom stereocenters. The highest BCUT2D eigenvalue weighted by Gasteiger charge is 1.96. The van der Waals surface area contributed by atoms with Gasteiger partial charge in [-0.2, -0.15) is 5.26 Å². The van der Waals surface area contributed by atoms with Crippen LogP contribution in [0.3, 0.4) is 0 Å². The van der Waals surface area contributed by atoms with Crippen LogP contribution in [0.4, 0.5) is 0 Å². The van der Waals surface area contributed by atoms with Crippen LogP contribution in [0, 0.1) is 18.3 Å². The summed E-state index contributed by atoms with van der Waals surface area (Å²) in [5.74, 6) is -0.980. The van der Waals surface area contributed by atoms with Gasteiger partial charge >= 0.3 is 5.97 Å². The van der Waals surface area contributed by atoms with Crippen molar-refractivity contribution in [2.24, 2.45) is 0 Å². The molecule has 1 aromatic rings. The zero-order valence-electron chi connectivity index (χ0n) is 7.69. The van der Waals surface area contributed by atoms with Crippen molar-refractivity contribution in [1.29, 1.82) is 5.26 Å². The van der Waals surface area contributed by atoms with Crippen molar-refractivity contribution in [3.05, 3.63) is 41.0 Å². The second kappa shape index (κ2) is 4.24. The Morgan fingerprint density at radius 3 is 2.79 bits per heavy atom. The second-order valence-corrected chi connectivity index (χ2v) is 2.86. The molecule has 70 valence electrons. The SMILES string of the molecule is Cc1cc(C=CC(=O)O)ccc1C#N. The Balaban J connectivity index is 2.99. The van der Waals surface area contributed by atoms with Crippen molar-refractivity contribution >= 4 is 12.0 Å². The first-order valence-corrected chi connectivity index (χ1v) is 4.05. The molecule has 0 bridgehead atoms. The highest BCUT2D eigenvalue weighted by Crippen LogP contribution is 2.11. The number of rotatable bonds is 2. The van der Waals surface area contributed by atoms with Gasteiger partial charge in [0.25, 0.3) is 0 Å². The number of carboxylic acids is 1. The van der Waals surface area contributed by atoms with Crippen LogP contribution in [0.2, 0.25) is 0 Å². The lowest BCUT2D eigenvalue weighted by molar-refractivity contribution is -0.131. The number of hydrogen-bond acceptors (Lipinski definition) is 2. The summed E-state index contributed by atoms with van der Waals surface area (Å²) < 4.78 is 0. The van der Waals surface area contributed by atoms with E-state index in [9.17, 15) is 4.79 Å². The maximum atomic E-state index is 10.2. The first-order valence-electron chi connectivity index (χ1n) is 4.05. The molecule has 1 rings (SSSR count). The third-order valence-corrected chi connectivity index (χ3v) is 1.79. The minimum atomic E-state index is -0.980. The zero-order valence-corrected chi connectivity index (χ0v) is 7.69. The number of hydrogen-bond donors (Lipinski definition) is 1. The van der Waals surface area contributed by atoms with E-state index in [1.807, 2.05) is 13.0 Å². The van der Waals surface area contributed by atoms with Gasteiger partial charge in [-0.15, -0.1) is 0 Å². The van der Waals surface area contributed by atoms with Crippen molar-refractivity contribution in [3.63, 3.8) is 0 Å².